The summed E-state index contributed by atoms with van der Waals surface area (Å²) in [5.41, 5.74) is 3.06. The Bertz CT molecular complexity index is 1170. The fourth-order valence-electron chi connectivity index (χ4n) is 4.89. The van der Waals surface area contributed by atoms with Crippen molar-refractivity contribution in [2.24, 2.45) is 5.92 Å². The molecule has 0 nitrogen and oxygen atoms in total. The highest BCUT2D eigenvalue weighted by Gasteiger charge is 2.25. The molecule has 1 fully saturated rings. The van der Waals surface area contributed by atoms with Crippen molar-refractivity contribution in [2.75, 3.05) is 0 Å². The molecule has 0 aromatic heterocycles. The van der Waals surface area contributed by atoms with E-state index in [0.717, 1.165) is 38.5 Å². The lowest BCUT2D eigenvalue weighted by molar-refractivity contribution is 0.364. The van der Waals surface area contributed by atoms with Gasteiger partial charge in [-0.1, -0.05) is 74.0 Å². The average molecular weight is 467 g/mol. The normalized spacial score (nSPS) is 18.5. The molecule has 0 bridgehead atoms. The van der Waals surface area contributed by atoms with Gasteiger partial charge in [-0.05, 0) is 73.1 Å². The molecule has 0 radical (unpaired) electrons. The Kier molecular flexibility index (Phi) is 7.55. The van der Waals surface area contributed by atoms with Gasteiger partial charge in [0.05, 0.1) is 0 Å². The maximum atomic E-state index is 14.8. The van der Waals surface area contributed by atoms with E-state index in [1.165, 1.54) is 5.56 Å². The van der Waals surface area contributed by atoms with Crippen molar-refractivity contribution < 1.29 is 17.6 Å². The molecule has 0 saturated heterocycles. The summed E-state index contributed by atoms with van der Waals surface area (Å²) in [5.74, 6) is -3.02. The molecule has 1 saturated carbocycles. The Labute approximate surface area is 199 Å². The van der Waals surface area contributed by atoms with Crippen molar-refractivity contribution in [1.82, 2.24) is 0 Å². The van der Waals surface area contributed by atoms with Crippen LogP contribution in [0, 0.1) is 36.1 Å². The molecule has 1 aliphatic carbocycles. The fraction of sp³-hybridized carbons (Fsp3) is 0.333. The summed E-state index contributed by atoms with van der Waals surface area (Å²) < 4.78 is 57.9. The molecule has 4 heteroatoms. The zero-order chi connectivity index (χ0) is 24.2. The smallest absolute Gasteiger partial charge is 0.167 e. The first-order valence-electron chi connectivity index (χ1n) is 12.1. The molecular formula is C30H30F4. The summed E-state index contributed by atoms with van der Waals surface area (Å²) in [6, 6.07) is 14.1. The summed E-state index contributed by atoms with van der Waals surface area (Å²) in [5, 5.41) is 0. The quantitative estimate of drug-likeness (QED) is 0.318. The standard InChI is InChI=1S/C30H30F4/c1-3-4-20-6-11-23(12-7-20)26-18-16-24(28(32)30(26)34)15-10-21-8-13-22(14-9-21)25-17-5-19(2)27(31)29(25)33/h5-7,10-12,15-18,21-22H,3-4,8-9,13-14H2,1-2H3. The summed E-state index contributed by atoms with van der Waals surface area (Å²) >= 11 is 0. The van der Waals surface area contributed by atoms with E-state index >= 15 is 0 Å². The zero-order valence-electron chi connectivity index (χ0n) is 19.7. The van der Waals surface area contributed by atoms with E-state index in [-0.39, 0.29) is 23.0 Å². The largest absolute Gasteiger partial charge is 0.203 e. The number of allylic oxidation sites excluding steroid dienone is 1. The van der Waals surface area contributed by atoms with Crippen molar-refractivity contribution in [2.45, 2.75) is 58.3 Å². The van der Waals surface area contributed by atoms with Crippen LogP contribution in [0.1, 0.15) is 67.2 Å². The SMILES string of the molecule is CCCc1ccc(-c2ccc(C=CC3CCC(c4ccc(C)c(F)c4F)CC3)c(F)c2F)cc1. The molecule has 178 valence electrons. The van der Waals surface area contributed by atoms with E-state index in [0.29, 0.717) is 16.7 Å². The molecule has 0 amide bonds. The van der Waals surface area contributed by atoms with Crippen LogP contribution in [-0.4, -0.2) is 0 Å². The molecule has 4 rings (SSSR count). The molecule has 0 heterocycles. The number of benzene rings is 3. The van der Waals surface area contributed by atoms with E-state index in [9.17, 15) is 17.6 Å². The topological polar surface area (TPSA) is 0 Å². The van der Waals surface area contributed by atoms with Crippen molar-refractivity contribution in [3.8, 4) is 11.1 Å². The second-order valence-corrected chi connectivity index (χ2v) is 9.35. The highest BCUT2D eigenvalue weighted by molar-refractivity contribution is 5.67. The van der Waals surface area contributed by atoms with Gasteiger partial charge in [0.2, 0.25) is 0 Å². The van der Waals surface area contributed by atoms with Crippen molar-refractivity contribution in [3.63, 3.8) is 0 Å². The van der Waals surface area contributed by atoms with Gasteiger partial charge in [0.15, 0.2) is 23.3 Å². The minimum absolute atomic E-state index is 0.0167. The van der Waals surface area contributed by atoms with E-state index in [4.69, 9.17) is 0 Å². The van der Waals surface area contributed by atoms with Gasteiger partial charge in [-0.3, -0.25) is 0 Å². The van der Waals surface area contributed by atoms with Crippen LogP contribution in [-0.2, 0) is 6.42 Å². The highest BCUT2D eigenvalue weighted by Crippen LogP contribution is 2.38. The van der Waals surface area contributed by atoms with E-state index < -0.39 is 23.3 Å². The van der Waals surface area contributed by atoms with Crippen LogP contribution in [0.4, 0.5) is 17.6 Å². The first kappa shape index (κ1) is 24.3. The van der Waals surface area contributed by atoms with Gasteiger partial charge < -0.3 is 0 Å². The lowest BCUT2D eigenvalue weighted by Gasteiger charge is -2.27. The van der Waals surface area contributed by atoms with E-state index in [1.54, 1.807) is 37.3 Å². The van der Waals surface area contributed by atoms with Gasteiger partial charge in [0.25, 0.3) is 0 Å². The Morgan fingerprint density at radius 2 is 1.47 bits per heavy atom. The minimum Gasteiger partial charge on any atom is -0.203 e. The van der Waals surface area contributed by atoms with Gasteiger partial charge in [-0.25, -0.2) is 17.6 Å². The highest BCUT2D eigenvalue weighted by atomic mass is 19.2. The fourth-order valence-corrected chi connectivity index (χ4v) is 4.89. The predicted octanol–water partition coefficient (Wildman–Crippen LogP) is 9.16. The number of aryl methyl sites for hydroxylation is 2. The molecule has 1 aliphatic rings. The molecule has 0 spiro atoms. The third kappa shape index (κ3) is 5.11. The van der Waals surface area contributed by atoms with Crippen LogP contribution >= 0.6 is 0 Å². The van der Waals surface area contributed by atoms with Crippen LogP contribution in [0.3, 0.4) is 0 Å². The van der Waals surface area contributed by atoms with Gasteiger partial charge >= 0.3 is 0 Å². The Hall–Kier alpha value is -2.88. The second-order valence-electron chi connectivity index (χ2n) is 9.35. The molecule has 0 aliphatic heterocycles. The molecule has 3 aromatic rings. The number of rotatable bonds is 6. The summed E-state index contributed by atoms with van der Waals surface area (Å²) in [4.78, 5) is 0. The van der Waals surface area contributed by atoms with Gasteiger partial charge in [0.1, 0.15) is 0 Å². The predicted molar refractivity (Wildman–Crippen MR) is 131 cm³/mol. The Morgan fingerprint density at radius 1 is 0.765 bits per heavy atom. The van der Waals surface area contributed by atoms with Crippen LogP contribution in [0.5, 0.6) is 0 Å². The maximum absolute atomic E-state index is 14.8. The molecule has 0 atom stereocenters. The molecular weight excluding hydrogens is 436 g/mol. The van der Waals surface area contributed by atoms with Gasteiger partial charge in [-0.15, -0.1) is 0 Å². The van der Waals surface area contributed by atoms with Crippen LogP contribution in [0.15, 0.2) is 54.6 Å². The summed E-state index contributed by atoms with van der Waals surface area (Å²) in [6.07, 6.45) is 8.61. The average Bonchev–Trinajstić information content (AvgIpc) is 2.85. The van der Waals surface area contributed by atoms with E-state index in [1.807, 2.05) is 30.3 Å². The third-order valence-electron chi connectivity index (χ3n) is 6.98. The monoisotopic (exact) mass is 466 g/mol. The molecule has 0 N–H and O–H groups in total. The number of hydrogen-bond donors (Lipinski definition) is 0. The molecule has 34 heavy (non-hydrogen) atoms. The van der Waals surface area contributed by atoms with Gasteiger partial charge in [0, 0.05) is 11.1 Å². The lowest BCUT2D eigenvalue weighted by Crippen LogP contribution is -2.13. The van der Waals surface area contributed by atoms with Crippen LogP contribution in [0.2, 0.25) is 0 Å². The lowest BCUT2D eigenvalue weighted by atomic mass is 9.78. The zero-order valence-corrected chi connectivity index (χ0v) is 19.7. The molecule has 3 aromatic carbocycles. The first-order valence-corrected chi connectivity index (χ1v) is 12.1. The van der Waals surface area contributed by atoms with E-state index in [2.05, 4.69) is 6.92 Å². The second kappa shape index (κ2) is 10.6. The van der Waals surface area contributed by atoms with Crippen LogP contribution in [0.25, 0.3) is 17.2 Å². The minimum atomic E-state index is -0.850. The summed E-state index contributed by atoms with van der Waals surface area (Å²) in [7, 11) is 0. The van der Waals surface area contributed by atoms with Crippen molar-refractivity contribution in [3.05, 3.63) is 100 Å². The van der Waals surface area contributed by atoms with Crippen molar-refractivity contribution in [1.29, 1.82) is 0 Å². The van der Waals surface area contributed by atoms with Crippen LogP contribution < -0.4 is 0 Å². The maximum Gasteiger partial charge on any atom is 0.167 e. The summed E-state index contributed by atoms with van der Waals surface area (Å²) in [6.45, 7) is 3.66. The Morgan fingerprint density at radius 3 is 2.15 bits per heavy atom. The third-order valence-corrected chi connectivity index (χ3v) is 6.98. The first-order chi connectivity index (χ1) is 16.4. The Balaban J connectivity index is 1.42. The number of hydrogen-bond acceptors (Lipinski definition) is 0. The molecule has 0 unspecified atom stereocenters. The van der Waals surface area contributed by atoms with Gasteiger partial charge in [-0.2, -0.15) is 0 Å². The van der Waals surface area contributed by atoms with Crippen molar-refractivity contribution >= 4 is 6.08 Å². The number of halogens is 4.